The number of nitrogens with zero attached hydrogens (tertiary/aromatic N) is 4. The van der Waals surface area contributed by atoms with Gasteiger partial charge in [0, 0.05) is 19.1 Å². The number of hydrogen-bond donors (Lipinski definition) is 2. The van der Waals surface area contributed by atoms with Crippen LogP contribution in [0.15, 0.2) is 6.58 Å². The van der Waals surface area contributed by atoms with Crippen LogP contribution < -0.4 is 15.5 Å². The standard InChI is InChI=1S/C20H27ClN6O2/c1-2-16-23-17(21)25-18(24-16)27-5-3-14(4-6-27)22-19(28)26-20-10-12-7-13(11-20)9-15(8-12)29-20/h2,12-15H,1,3-11H2,(H2,22,26,28). The summed E-state index contributed by atoms with van der Waals surface area (Å²) in [5.74, 6) is 2.44. The van der Waals surface area contributed by atoms with Gasteiger partial charge in [-0.05, 0) is 74.5 Å². The first kappa shape index (κ1) is 19.1. The molecule has 1 aromatic rings. The molecule has 5 fully saturated rings. The van der Waals surface area contributed by atoms with Gasteiger partial charge in [0.05, 0.1) is 6.10 Å². The zero-order chi connectivity index (χ0) is 20.0. The van der Waals surface area contributed by atoms with E-state index in [2.05, 4.69) is 37.1 Å². The minimum Gasteiger partial charge on any atom is -0.352 e. The molecule has 6 rings (SSSR count). The van der Waals surface area contributed by atoms with Crippen LogP contribution in [0.1, 0.15) is 50.8 Å². The first-order valence-corrected chi connectivity index (χ1v) is 10.9. The van der Waals surface area contributed by atoms with Crippen LogP contribution in [0, 0.1) is 11.8 Å². The molecule has 5 aliphatic rings. The molecule has 2 aliphatic carbocycles. The van der Waals surface area contributed by atoms with Gasteiger partial charge in [-0.3, -0.25) is 0 Å². The number of carbonyl (C=O) groups is 1. The molecule has 8 nitrogen and oxygen atoms in total. The first-order chi connectivity index (χ1) is 14.0. The lowest BCUT2D eigenvalue weighted by atomic mass is 9.65. The molecular formula is C20H27ClN6O2. The van der Waals surface area contributed by atoms with Crippen molar-refractivity contribution in [2.24, 2.45) is 11.8 Å². The Labute approximate surface area is 175 Å². The van der Waals surface area contributed by atoms with Crippen molar-refractivity contribution in [2.75, 3.05) is 18.0 Å². The van der Waals surface area contributed by atoms with Gasteiger partial charge in [-0.15, -0.1) is 0 Å². The molecule has 0 spiro atoms. The molecule has 156 valence electrons. The van der Waals surface area contributed by atoms with E-state index in [1.165, 1.54) is 6.42 Å². The van der Waals surface area contributed by atoms with Gasteiger partial charge in [0.1, 0.15) is 5.72 Å². The third-order valence-corrected chi connectivity index (χ3v) is 6.91. The summed E-state index contributed by atoms with van der Waals surface area (Å²) in [4.78, 5) is 27.4. The summed E-state index contributed by atoms with van der Waals surface area (Å²) in [6.07, 6.45) is 9.07. The van der Waals surface area contributed by atoms with E-state index in [0.717, 1.165) is 51.6 Å². The Morgan fingerprint density at radius 1 is 1.17 bits per heavy atom. The molecule has 29 heavy (non-hydrogen) atoms. The second-order valence-corrected chi connectivity index (χ2v) is 9.25. The highest BCUT2D eigenvalue weighted by Crippen LogP contribution is 2.51. The van der Waals surface area contributed by atoms with Crippen LogP contribution in [0.25, 0.3) is 6.08 Å². The number of ether oxygens (including phenoxy) is 1. The van der Waals surface area contributed by atoms with E-state index >= 15 is 0 Å². The maximum absolute atomic E-state index is 12.7. The maximum Gasteiger partial charge on any atom is 0.317 e. The molecule has 0 aromatic carbocycles. The maximum atomic E-state index is 12.7. The fourth-order valence-electron chi connectivity index (χ4n) is 5.74. The summed E-state index contributed by atoms with van der Waals surface area (Å²) in [6.45, 7) is 5.18. The van der Waals surface area contributed by atoms with Crippen LogP contribution in [0.2, 0.25) is 5.28 Å². The lowest BCUT2D eigenvalue weighted by Crippen LogP contribution is -2.65. The number of hydrogen-bond acceptors (Lipinski definition) is 6. The summed E-state index contributed by atoms with van der Waals surface area (Å²) in [7, 11) is 0. The third kappa shape index (κ3) is 3.92. The molecule has 2 N–H and O–H groups in total. The molecule has 2 unspecified atom stereocenters. The highest BCUT2D eigenvalue weighted by atomic mass is 35.5. The van der Waals surface area contributed by atoms with Crippen molar-refractivity contribution >= 4 is 29.7 Å². The summed E-state index contributed by atoms with van der Waals surface area (Å²) >= 11 is 5.98. The van der Waals surface area contributed by atoms with Gasteiger partial charge in [-0.1, -0.05) is 6.58 Å². The zero-order valence-electron chi connectivity index (χ0n) is 16.4. The van der Waals surface area contributed by atoms with Crippen molar-refractivity contribution in [1.29, 1.82) is 0 Å². The Balaban J connectivity index is 1.15. The highest BCUT2D eigenvalue weighted by Gasteiger charge is 2.52. The fourth-order valence-corrected chi connectivity index (χ4v) is 5.90. The third-order valence-electron chi connectivity index (χ3n) is 6.74. The van der Waals surface area contributed by atoms with Gasteiger partial charge < -0.3 is 20.3 Å². The Morgan fingerprint density at radius 2 is 1.90 bits per heavy atom. The molecule has 2 saturated carbocycles. The largest absolute Gasteiger partial charge is 0.352 e. The molecule has 2 atom stereocenters. The molecular weight excluding hydrogens is 392 g/mol. The van der Waals surface area contributed by atoms with Crippen molar-refractivity contribution in [3.63, 3.8) is 0 Å². The van der Waals surface area contributed by atoms with Gasteiger partial charge >= 0.3 is 6.03 Å². The minimum absolute atomic E-state index is 0.109. The monoisotopic (exact) mass is 418 g/mol. The molecule has 3 saturated heterocycles. The van der Waals surface area contributed by atoms with Gasteiger partial charge in [0.15, 0.2) is 5.82 Å². The zero-order valence-corrected chi connectivity index (χ0v) is 17.2. The number of piperidine rings is 1. The summed E-state index contributed by atoms with van der Waals surface area (Å²) < 4.78 is 6.26. The van der Waals surface area contributed by atoms with E-state index < -0.39 is 5.72 Å². The first-order valence-electron chi connectivity index (χ1n) is 10.6. The van der Waals surface area contributed by atoms with E-state index in [-0.39, 0.29) is 17.4 Å². The molecule has 3 aliphatic heterocycles. The number of urea groups is 1. The van der Waals surface area contributed by atoms with Crippen LogP contribution in [0.3, 0.4) is 0 Å². The predicted octanol–water partition coefficient (Wildman–Crippen LogP) is 2.74. The summed E-state index contributed by atoms with van der Waals surface area (Å²) in [5, 5.41) is 6.50. The Bertz CT molecular complexity index is 775. The molecule has 0 radical (unpaired) electrons. The van der Waals surface area contributed by atoms with Crippen LogP contribution >= 0.6 is 11.6 Å². The van der Waals surface area contributed by atoms with Crippen LogP contribution in [0.4, 0.5) is 10.7 Å². The number of anilines is 1. The molecule has 4 heterocycles. The van der Waals surface area contributed by atoms with Crippen LogP contribution in [0.5, 0.6) is 0 Å². The number of amides is 2. The van der Waals surface area contributed by atoms with Crippen molar-refractivity contribution in [2.45, 2.75) is 62.8 Å². The number of rotatable bonds is 4. The van der Waals surface area contributed by atoms with Crippen LogP contribution in [-0.4, -0.2) is 51.9 Å². The van der Waals surface area contributed by atoms with Crippen LogP contribution in [-0.2, 0) is 4.74 Å². The fraction of sp³-hybridized carbons (Fsp3) is 0.700. The molecule has 4 bridgehead atoms. The second kappa shape index (κ2) is 7.40. The number of carbonyl (C=O) groups excluding carboxylic acids is 1. The van der Waals surface area contributed by atoms with Gasteiger partial charge in [0.25, 0.3) is 0 Å². The highest BCUT2D eigenvalue weighted by molar-refractivity contribution is 6.28. The smallest absolute Gasteiger partial charge is 0.317 e. The van der Waals surface area contributed by atoms with Gasteiger partial charge in [0.2, 0.25) is 11.2 Å². The quantitative estimate of drug-likeness (QED) is 0.781. The minimum atomic E-state index is -0.442. The predicted molar refractivity (Wildman–Crippen MR) is 109 cm³/mol. The molecule has 1 aromatic heterocycles. The lowest BCUT2D eigenvalue weighted by molar-refractivity contribution is -0.228. The van der Waals surface area contributed by atoms with E-state index in [1.807, 2.05) is 0 Å². The average Bonchev–Trinajstić information content (AvgIpc) is 2.66. The number of nitrogens with one attached hydrogen (secondary N) is 2. The van der Waals surface area contributed by atoms with Crippen molar-refractivity contribution in [1.82, 2.24) is 25.6 Å². The summed E-state index contributed by atoms with van der Waals surface area (Å²) in [6, 6.07) is 0.0129. The Morgan fingerprint density at radius 3 is 2.55 bits per heavy atom. The number of aromatic nitrogens is 3. The Kier molecular flexibility index (Phi) is 4.86. The molecule has 9 heteroatoms. The topological polar surface area (TPSA) is 92.3 Å². The lowest BCUT2D eigenvalue weighted by Gasteiger charge is -2.56. The SMILES string of the molecule is C=Cc1nc(Cl)nc(N2CCC(NC(=O)NC34CC5CC(CC(C5)O3)C4)CC2)n1. The van der Waals surface area contributed by atoms with Gasteiger partial charge in [-0.2, -0.15) is 15.0 Å². The van der Waals surface area contributed by atoms with Crippen molar-refractivity contribution in [3.05, 3.63) is 17.7 Å². The second-order valence-electron chi connectivity index (χ2n) is 8.91. The van der Waals surface area contributed by atoms with E-state index in [9.17, 15) is 4.79 Å². The van der Waals surface area contributed by atoms with Gasteiger partial charge in [-0.25, -0.2) is 4.79 Å². The van der Waals surface area contributed by atoms with E-state index in [4.69, 9.17) is 16.3 Å². The normalized spacial score (nSPS) is 33.6. The molecule has 2 amide bonds. The summed E-state index contributed by atoms with van der Waals surface area (Å²) in [5.41, 5.74) is -0.442. The van der Waals surface area contributed by atoms with E-state index in [1.54, 1.807) is 6.08 Å². The Hall–Kier alpha value is -1.93. The number of halogens is 1. The average molecular weight is 419 g/mol. The van der Waals surface area contributed by atoms with Crippen molar-refractivity contribution < 1.29 is 9.53 Å². The van der Waals surface area contributed by atoms with Crippen molar-refractivity contribution in [3.8, 4) is 0 Å². The van der Waals surface area contributed by atoms with E-state index in [0.29, 0.717) is 29.7 Å².